The smallest absolute Gasteiger partial charge is 0.138 e. The van der Waals surface area contributed by atoms with Gasteiger partial charge in [0, 0.05) is 17.3 Å². The van der Waals surface area contributed by atoms with E-state index in [-0.39, 0.29) is 0 Å². The van der Waals surface area contributed by atoms with Crippen LogP contribution in [0.1, 0.15) is 55.8 Å². The predicted molar refractivity (Wildman–Crippen MR) is 84.7 cm³/mol. The van der Waals surface area contributed by atoms with Crippen LogP contribution in [0.4, 0.5) is 5.82 Å². The van der Waals surface area contributed by atoms with Crippen molar-refractivity contribution in [3.8, 4) is 0 Å². The van der Waals surface area contributed by atoms with Crippen LogP contribution in [0.2, 0.25) is 0 Å². The van der Waals surface area contributed by atoms with Gasteiger partial charge in [0.1, 0.15) is 16.5 Å². The van der Waals surface area contributed by atoms with Crippen LogP contribution >= 0.6 is 11.3 Å². The highest BCUT2D eigenvalue weighted by atomic mass is 32.1. The van der Waals surface area contributed by atoms with E-state index in [9.17, 15) is 0 Å². The number of aromatic nitrogens is 2. The standard InChI is InChI=1S/C16H21N3S/c1-4-17-14-12-9-6-5-7-11(9)20-15(12)19-13(18-14)10-8-16(10,2)3/h10H,4-8H2,1-3H3,(H,17,18,19). The molecule has 4 heteroatoms. The molecule has 20 heavy (non-hydrogen) atoms. The van der Waals surface area contributed by atoms with Crippen molar-refractivity contribution in [2.45, 2.75) is 52.4 Å². The van der Waals surface area contributed by atoms with Gasteiger partial charge < -0.3 is 5.32 Å². The van der Waals surface area contributed by atoms with Crippen molar-refractivity contribution in [3.05, 3.63) is 16.3 Å². The summed E-state index contributed by atoms with van der Waals surface area (Å²) in [5.41, 5.74) is 1.90. The lowest BCUT2D eigenvalue weighted by molar-refractivity contribution is 0.610. The number of aryl methyl sites for hydroxylation is 2. The Bertz CT molecular complexity index is 687. The number of thiophene rings is 1. The van der Waals surface area contributed by atoms with Gasteiger partial charge in [-0.3, -0.25) is 0 Å². The Hall–Kier alpha value is -1.16. The third kappa shape index (κ3) is 1.77. The Labute approximate surface area is 123 Å². The van der Waals surface area contributed by atoms with Gasteiger partial charge in [-0.15, -0.1) is 11.3 Å². The Morgan fingerprint density at radius 1 is 1.30 bits per heavy atom. The van der Waals surface area contributed by atoms with Gasteiger partial charge in [-0.05, 0) is 43.6 Å². The zero-order valence-electron chi connectivity index (χ0n) is 12.4. The van der Waals surface area contributed by atoms with Crippen LogP contribution in [0, 0.1) is 5.41 Å². The first-order valence-electron chi connectivity index (χ1n) is 7.66. The number of nitrogens with one attached hydrogen (secondary N) is 1. The summed E-state index contributed by atoms with van der Waals surface area (Å²) in [7, 11) is 0. The highest BCUT2D eigenvalue weighted by molar-refractivity contribution is 7.19. The average molecular weight is 287 g/mol. The molecule has 0 bridgehead atoms. The van der Waals surface area contributed by atoms with Gasteiger partial charge in [0.15, 0.2) is 0 Å². The molecule has 0 spiro atoms. The van der Waals surface area contributed by atoms with Gasteiger partial charge in [0.2, 0.25) is 0 Å². The van der Waals surface area contributed by atoms with Crippen molar-refractivity contribution in [1.29, 1.82) is 0 Å². The maximum absolute atomic E-state index is 4.91. The highest BCUT2D eigenvalue weighted by Crippen LogP contribution is 2.58. The van der Waals surface area contributed by atoms with Crippen LogP contribution in [-0.4, -0.2) is 16.5 Å². The molecule has 0 amide bonds. The van der Waals surface area contributed by atoms with Crippen LogP contribution in [0.3, 0.4) is 0 Å². The van der Waals surface area contributed by atoms with Gasteiger partial charge in [-0.25, -0.2) is 9.97 Å². The predicted octanol–water partition coefficient (Wildman–Crippen LogP) is 4.13. The van der Waals surface area contributed by atoms with E-state index in [1.54, 1.807) is 4.88 Å². The molecular formula is C16H21N3S. The summed E-state index contributed by atoms with van der Waals surface area (Å²) in [5, 5.41) is 4.78. The number of hydrogen-bond donors (Lipinski definition) is 1. The first-order chi connectivity index (χ1) is 9.60. The Kier molecular flexibility index (Phi) is 2.62. The minimum atomic E-state index is 0.386. The lowest BCUT2D eigenvalue weighted by Gasteiger charge is -2.09. The van der Waals surface area contributed by atoms with Crippen molar-refractivity contribution in [2.75, 3.05) is 11.9 Å². The van der Waals surface area contributed by atoms with Crippen LogP contribution in [-0.2, 0) is 12.8 Å². The second-order valence-electron chi connectivity index (χ2n) is 6.74. The topological polar surface area (TPSA) is 37.8 Å². The van der Waals surface area contributed by atoms with Crippen molar-refractivity contribution >= 4 is 27.4 Å². The molecule has 2 aliphatic carbocycles. The summed E-state index contributed by atoms with van der Waals surface area (Å²) in [6, 6.07) is 0. The highest BCUT2D eigenvalue weighted by Gasteiger charge is 2.49. The molecule has 2 aromatic heterocycles. The first-order valence-corrected chi connectivity index (χ1v) is 8.48. The molecule has 2 aromatic rings. The third-order valence-corrected chi connectivity index (χ3v) is 5.94. The molecule has 1 unspecified atom stereocenters. The molecule has 0 radical (unpaired) electrons. The fraction of sp³-hybridized carbons (Fsp3) is 0.625. The summed E-state index contributed by atoms with van der Waals surface area (Å²) in [6.45, 7) is 7.69. The summed E-state index contributed by atoms with van der Waals surface area (Å²) in [6.07, 6.45) is 4.94. The molecule has 2 aliphatic rings. The van der Waals surface area contributed by atoms with Gasteiger partial charge in [-0.2, -0.15) is 0 Å². The molecule has 1 N–H and O–H groups in total. The fourth-order valence-corrected chi connectivity index (χ4v) is 4.64. The Balaban J connectivity index is 1.89. The molecule has 1 fully saturated rings. The van der Waals surface area contributed by atoms with Crippen LogP contribution in [0.25, 0.3) is 10.2 Å². The number of rotatable bonds is 3. The maximum Gasteiger partial charge on any atom is 0.138 e. The molecule has 1 saturated carbocycles. The lowest BCUT2D eigenvalue weighted by Crippen LogP contribution is -2.05. The van der Waals surface area contributed by atoms with E-state index in [4.69, 9.17) is 9.97 Å². The molecule has 0 aromatic carbocycles. The molecule has 0 aliphatic heterocycles. The van der Waals surface area contributed by atoms with Gasteiger partial charge in [0.25, 0.3) is 0 Å². The molecule has 106 valence electrons. The molecule has 3 nitrogen and oxygen atoms in total. The summed E-state index contributed by atoms with van der Waals surface area (Å²) < 4.78 is 0. The van der Waals surface area contributed by atoms with E-state index in [0.29, 0.717) is 11.3 Å². The Morgan fingerprint density at radius 2 is 2.10 bits per heavy atom. The number of anilines is 1. The monoisotopic (exact) mass is 287 g/mol. The van der Waals surface area contributed by atoms with Crippen molar-refractivity contribution < 1.29 is 0 Å². The van der Waals surface area contributed by atoms with Gasteiger partial charge >= 0.3 is 0 Å². The largest absolute Gasteiger partial charge is 0.370 e. The second kappa shape index (κ2) is 4.17. The molecule has 0 saturated heterocycles. The molecular weight excluding hydrogens is 266 g/mol. The zero-order chi connectivity index (χ0) is 13.9. The fourth-order valence-electron chi connectivity index (χ4n) is 3.37. The van der Waals surface area contributed by atoms with Crippen molar-refractivity contribution in [3.63, 3.8) is 0 Å². The van der Waals surface area contributed by atoms with E-state index in [1.807, 2.05) is 11.3 Å². The van der Waals surface area contributed by atoms with E-state index < -0.39 is 0 Å². The quantitative estimate of drug-likeness (QED) is 0.922. The number of fused-ring (bicyclic) bond motifs is 3. The maximum atomic E-state index is 4.91. The molecule has 1 atom stereocenters. The average Bonchev–Trinajstić information content (AvgIpc) is 2.76. The van der Waals surface area contributed by atoms with E-state index in [1.165, 1.54) is 41.5 Å². The summed E-state index contributed by atoms with van der Waals surface area (Å²) >= 11 is 1.89. The first kappa shape index (κ1) is 12.6. The molecule has 4 rings (SSSR count). The minimum Gasteiger partial charge on any atom is -0.370 e. The minimum absolute atomic E-state index is 0.386. The van der Waals surface area contributed by atoms with E-state index >= 15 is 0 Å². The normalized spacial score (nSPS) is 23.1. The zero-order valence-corrected chi connectivity index (χ0v) is 13.2. The van der Waals surface area contributed by atoms with Crippen LogP contribution in [0.15, 0.2) is 0 Å². The summed E-state index contributed by atoms with van der Waals surface area (Å²) in [5.74, 6) is 2.68. The van der Waals surface area contributed by atoms with Gasteiger partial charge in [0.05, 0.1) is 5.39 Å². The number of hydrogen-bond acceptors (Lipinski definition) is 4. The van der Waals surface area contributed by atoms with Crippen LogP contribution < -0.4 is 5.32 Å². The van der Waals surface area contributed by atoms with E-state index in [0.717, 1.165) is 18.2 Å². The lowest BCUT2D eigenvalue weighted by atomic mass is 10.1. The summed E-state index contributed by atoms with van der Waals surface area (Å²) in [4.78, 5) is 12.5. The van der Waals surface area contributed by atoms with Crippen LogP contribution in [0.5, 0.6) is 0 Å². The second-order valence-corrected chi connectivity index (χ2v) is 7.83. The number of nitrogens with zero attached hydrogens (tertiary/aromatic N) is 2. The third-order valence-electron chi connectivity index (χ3n) is 4.75. The SMILES string of the molecule is CCNc1nc(C2CC2(C)C)nc2sc3c(c12)CCC3. The Morgan fingerprint density at radius 3 is 2.80 bits per heavy atom. The van der Waals surface area contributed by atoms with E-state index in [2.05, 4.69) is 26.1 Å². The molecule has 2 heterocycles. The van der Waals surface area contributed by atoms with Crippen molar-refractivity contribution in [1.82, 2.24) is 9.97 Å². The van der Waals surface area contributed by atoms with Gasteiger partial charge in [-0.1, -0.05) is 13.8 Å². The van der Waals surface area contributed by atoms with Crippen molar-refractivity contribution in [2.24, 2.45) is 5.41 Å².